The lowest BCUT2D eigenvalue weighted by Gasteiger charge is -2.34. The molecule has 0 aromatic heterocycles. The Balaban J connectivity index is 1.50. The average Bonchev–Trinajstić information content (AvgIpc) is 2.97. The van der Waals surface area contributed by atoms with Crippen LogP contribution in [0.3, 0.4) is 0 Å². The van der Waals surface area contributed by atoms with E-state index in [4.69, 9.17) is 4.74 Å². The SMILES string of the molecule is COC(=O)c1cccc(CN2CCC(C(=O)N3CCCCCC3)CC2)c1. The molecule has 5 nitrogen and oxygen atoms in total. The fourth-order valence-electron chi connectivity index (χ4n) is 4.06. The second-order valence-electron chi connectivity index (χ2n) is 7.48. The second kappa shape index (κ2) is 9.17. The standard InChI is InChI=1S/C21H30N2O3/c1-26-21(25)19-8-6-7-17(15-19)16-22-13-9-18(10-14-22)20(24)23-11-4-2-3-5-12-23/h6-8,15,18H,2-5,9-14,16H2,1H3. The molecule has 1 aromatic rings. The Hall–Kier alpha value is -1.88. The lowest BCUT2D eigenvalue weighted by Crippen LogP contribution is -2.42. The highest BCUT2D eigenvalue weighted by atomic mass is 16.5. The predicted molar refractivity (Wildman–Crippen MR) is 101 cm³/mol. The van der Waals surface area contributed by atoms with E-state index in [9.17, 15) is 9.59 Å². The Morgan fingerprint density at radius 1 is 1.04 bits per heavy atom. The molecule has 2 aliphatic heterocycles. The molecule has 0 N–H and O–H groups in total. The number of methoxy groups -OCH3 is 1. The van der Waals surface area contributed by atoms with Crippen LogP contribution in [0.5, 0.6) is 0 Å². The number of hydrogen-bond acceptors (Lipinski definition) is 4. The normalized spacial score (nSPS) is 19.8. The maximum absolute atomic E-state index is 12.8. The van der Waals surface area contributed by atoms with Crippen molar-refractivity contribution in [1.82, 2.24) is 9.80 Å². The molecular weight excluding hydrogens is 328 g/mol. The van der Waals surface area contributed by atoms with Crippen LogP contribution in [0.1, 0.15) is 54.4 Å². The minimum Gasteiger partial charge on any atom is -0.465 e. The van der Waals surface area contributed by atoms with Crippen molar-refractivity contribution in [1.29, 1.82) is 0 Å². The third-order valence-corrected chi connectivity index (χ3v) is 5.61. The Bertz CT molecular complexity index is 615. The van der Waals surface area contributed by atoms with Crippen molar-refractivity contribution in [3.63, 3.8) is 0 Å². The van der Waals surface area contributed by atoms with Gasteiger partial charge in [0.05, 0.1) is 12.7 Å². The van der Waals surface area contributed by atoms with E-state index in [1.165, 1.54) is 20.0 Å². The summed E-state index contributed by atoms with van der Waals surface area (Å²) in [4.78, 5) is 28.9. The molecular formula is C21H30N2O3. The van der Waals surface area contributed by atoms with Gasteiger partial charge in [-0.1, -0.05) is 25.0 Å². The van der Waals surface area contributed by atoms with E-state index in [1.807, 2.05) is 18.2 Å². The first-order chi connectivity index (χ1) is 12.7. The van der Waals surface area contributed by atoms with Crippen LogP contribution in [0.15, 0.2) is 24.3 Å². The van der Waals surface area contributed by atoms with Gasteiger partial charge in [-0.15, -0.1) is 0 Å². The molecule has 0 bridgehead atoms. The smallest absolute Gasteiger partial charge is 0.337 e. The number of likely N-dealkylation sites (tertiary alicyclic amines) is 2. The number of carbonyl (C=O) groups is 2. The summed E-state index contributed by atoms with van der Waals surface area (Å²) in [6.07, 6.45) is 6.69. The highest BCUT2D eigenvalue weighted by Gasteiger charge is 2.28. The third kappa shape index (κ3) is 4.85. The number of carbonyl (C=O) groups excluding carboxylic acids is 2. The van der Waals surface area contributed by atoms with E-state index in [0.717, 1.165) is 64.0 Å². The zero-order chi connectivity index (χ0) is 18.4. The summed E-state index contributed by atoms with van der Waals surface area (Å²) >= 11 is 0. The molecule has 0 unspecified atom stereocenters. The molecule has 2 saturated heterocycles. The molecule has 0 aliphatic carbocycles. The molecule has 1 aromatic carbocycles. The predicted octanol–water partition coefficient (Wildman–Crippen LogP) is 3.09. The van der Waals surface area contributed by atoms with Crippen LogP contribution in [0.25, 0.3) is 0 Å². The molecule has 5 heteroatoms. The quantitative estimate of drug-likeness (QED) is 0.776. The summed E-state index contributed by atoms with van der Waals surface area (Å²) < 4.78 is 4.79. The summed E-state index contributed by atoms with van der Waals surface area (Å²) in [6.45, 7) is 4.58. The molecule has 0 atom stereocenters. The van der Waals surface area contributed by atoms with E-state index < -0.39 is 0 Å². The average molecular weight is 358 g/mol. The van der Waals surface area contributed by atoms with Gasteiger partial charge in [0.1, 0.15) is 0 Å². The van der Waals surface area contributed by atoms with Gasteiger partial charge in [-0.3, -0.25) is 9.69 Å². The van der Waals surface area contributed by atoms with Gasteiger partial charge in [0.2, 0.25) is 5.91 Å². The molecule has 142 valence electrons. The first-order valence-electron chi connectivity index (χ1n) is 9.86. The van der Waals surface area contributed by atoms with Gasteiger partial charge in [0.15, 0.2) is 0 Å². The molecule has 0 saturated carbocycles. The minimum atomic E-state index is -0.298. The maximum atomic E-state index is 12.8. The summed E-state index contributed by atoms with van der Waals surface area (Å²) in [5.41, 5.74) is 1.71. The van der Waals surface area contributed by atoms with Crippen LogP contribution >= 0.6 is 0 Å². The van der Waals surface area contributed by atoms with Crippen molar-refractivity contribution in [2.45, 2.75) is 45.1 Å². The van der Waals surface area contributed by atoms with Crippen LogP contribution in [0, 0.1) is 5.92 Å². The zero-order valence-corrected chi connectivity index (χ0v) is 15.8. The van der Waals surface area contributed by atoms with Crippen molar-refractivity contribution in [2.24, 2.45) is 5.92 Å². The number of ether oxygens (including phenoxy) is 1. The van der Waals surface area contributed by atoms with Gasteiger partial charge in [-0.2, -0.15) is 0 Å². The van der Waals surface area contributed by atoms with E-state index in [2.05, 4.69) is 9.80 Å². The number of esters is 1. The number of benzene rings is 1. The van der Waals surface area contributed by atoms with Gasteiger partial charge >= 0.3 is 5.97 Å². The van der Waals surface area contributed by atoms with Crippen LogP contribution in [0.2, 0.25) is 0 Å². The number of nitrogens with zero attached hydrogens (tertiary/aromatic N) is 2. The van der Waals surface area contributed by atoms with Gasteiger partial charge in [-0.05, 0) is 56.5 Å². The van der Waals surface area contributed by atoms with Crippen molar-refractivity contribution in [2.75, 3.05) is 33.3 Å². The Labute approximate surface area is 156 Å². The van der Waals surface area contributed by atoms with Crippen LogP contribution in [-0.4, -0.2) is 55.0 Å². The Morgan fingerprint density at radius 3 is 2.38 bits per heavy atom. The lowest BCUT2D eigenvalue weighted by atomic mass is 9.94. The Morgan fingerprint density at radius 2 is 1.73 bits per heavy atom. The van der Waals surface area contributed by atoms with Crippen molar-refractivity contribution in [3.8, 4) is 0 Å². The summed E-state index contributed by atoms with van der Waals surface area (Å²) in [7, 11) is 1.40. The molecule has 2 heterocycles. The van der Waals surface area contributed by atoms with Crippen LogP contribution in [-0.2, 0) is 16.1 Å². The first-order valence-corrected chi connectivity index (χ1v) is 9.86. The fourth-order valence-corrected chi connectivity index (χ4v) is 4.06. The molecule has 0 spiro atoms. The zero-order valence-electron chi connectivity index (χ0n) is 15.8. The highest BCUT2D eigenvalue weighted by molar-refractivity contribution is 5.89. The van der Waals surface area contributed by atoms with E-state index >= 15 is 0 Å². The van der Waals surface area contributed by atoms with Gasteiger partial charge < -0.3 is 9.64 Å². The third-order valence-electron chi connectivity index (χ3n) is 5.61. The van der Waals surface area contributed by atoms with E-state index in [1.54, 1.807) is 6.07 Å². The summed E-state index contributed by atoms with van der Waals surface area (Å²) in [6, 6.07) is 7.62. The molecule has 0 radical (unpaired) electrons. The summed E-state index contributed by atoms with van der Waals surface area (Å²) in [5.74, 6) is 0.263. The minimum absolute atomic E-state index is 0.186. The lowest BCUT2D eigenvalue weighted by molar-refractivity contribution is -0.137. The molecule has 2 aliphatic rings. The van der Waals surface area contributed by atoms with Crippen molar-refractivity contribution < 1.29 is 14.3 Å². The van der Waals surface area contributed by atoms with Gasteiger partial charge in [0.25, 0.3) is 0 Å². The number of rotatable bonds is 4. The highest BCUT2D eigenvalue weighted by Crippen LogP contribution is 2.23. The van der Waals surface area contributed by atoms with Gasteiger partial charge in [0, 0.05) is 25.6 Å². The largest absolute Gasteiger partial charge is 0.465 e. The number of hydrogen-bond donors (Lipinski definition) is 0. The molecule has 3 rings (SSSR count). The van der Waals surface area contributed by atoms with E-state index in [-0.39, 0.29) is 11.9 Å². The van der Waals surface area contributed by atoms with Crippen LogP contribution in [0.4, 0.5) is 0 Å². The molecule has 26 heavy (non-hydrogen) atoms. The van der Waals surface area contributed by atoms with Crippen molar-refractivity contribution in [3.05, 3.63) is 35.4 Å². The van der Waals surface area contributed by atoms with Crippen LogP contribution < -0.4 is 0 Å². The fraction of sp³-hybridized carbons (Fsp3) is 0.619. The first kappa shape index (κ1) is 18.9. The Kier molecular flexibility index (Phi) is 6.67. The van der Waals surface area contributed by atoms with E-state index in [0.29, 0.717) is 11.5 Å². The molecule has 2 fully saturated rings. The van der Waals surface area contributed by atoms with Crippen molar-refractivity contribution >= 4 is 11.9 Å². The molecule has 1 amide bonds. The monoisotopic (exact) mass is 358 g/mol. The van der Waals surface area contributed by atoms with Gasteiger partial charge in [-0.25, -0.2) is 4.79 Å². The topological polar surface area (TPSA) is 49.9 Å². The maximum Gasteiger partial charge on any atom is 0.337 e. The second-order valence-corrected chi connectivity index (χ2v) is 7.48. The number of piperidine rings is 1. The number of amides is 1. The summed E-state index contributed by atoms with van der Waals surface area (Å²) in [5, 5.41) is 0.